The Bertz CT molecular complexity index is 772. The molecule has 1 N–H and O–H groups in total. The van der Waals surface area contributed by atoms with E-state index in [2.05, 4.69) is 10.3 Å². The monoisotopic (exact) mass is 283 g/mol. The Labute approximate surface area is 122 Å². The molecule has 21 heavy (non-hydrogen) atoms. The van der Waals surface area contributed by atoms with Crippen LogP contribution in [0.25, 0.3) is 5.65 Å². The highest BCUT2D eigenvalue weighted by Gasteiger charge is 2.18. The van der Waals surface area contributed by atoms with Gasteiger partial charge in [0.15, 0.2) is 0 Å². The third-order valence-corrected chi connectivity index (χ3v) is 3.47. The van der Waals surface area contributed by atoms with E-state index in [4.69, 9.17) is 4.42 Å². The van der Waals surface area contributed by atoms with Crippen LogP contribution >= 0.6 is 0 Å². The van der Waals surface area contributed by atoms with Gasteiger partial charge >= 0.3 is 0 Å². The molecule has 3 heterocycles. The average Bonchev–Trinajstić information content (AvgIpc) is 3.12. The minimum Gasteiger partial charge on any atom is -0.467 e. The van der Waals surface area contributed by atoms with E-state index in [1.54, 1.807) is 12.3 Å². The van der Waals surface area contributed by atoms with Gasteiger partial charge in [0, 0.05) is 6.20 Å². The second kappa shape index (κ2) is 5.44. The number of aromatic nitrogens is 2. The van der Waals surface area contributed by atoms with Gasteiger partial charge in [0.1, 0.15) is 17.1 Å². The minimum atomic E-state index is -0.138. The van der Waals surface area contributed by atoms with Crippen LogP contribution in [0.5, 0.6) is 0 Å². The van der Waals surface area contributed by atoms with Crippen LogP contribution in [0.4, 0.5) is 0 Å². The van der Waals surface area contributed by atoms with Gasteiger partial charge in [-0.2, -0.15) is 0 Å². The fourth-order valence-electron chi connectivity index (χ4n) is 2.40. The topological polar surface area (TPSA) is 59.5 Å². The van der Waals surface area contributed by atoms with E-state index in [1.165, 1.54) is 0 Å². The van der Waals surface area contributed by atoms with Crippen LogP contribution in [0.3, 0.4) is 0 Å². The van der Waals surface area contributed by atoms with Crippen molar-refractivity contribution in [3.05, 3.63) is 59.4 Å². The van der Waals surface area contributed by atoms with Crippen LogP contribution < -0.4 is 5.32 Å². The maximum Gasteiger partial charge on any atom is 0.270 e. The smallest absolute Gasteiger partial charge is 0.270 e. The number of nitrogens with one attached hydrogen (secondary N) is 1. The second-order valence-electron chi connectivity index (χ2n) is 4.91. The standard InChI is InChI=1S/C16H17N3O2/c1-3-13-14(16(20)17-10-12-7-5-9-21-12)19-8-4-6-11(2)15(19)18-13/h4-9H,3,10H2,1-2H3,(H,17,20). The molecule has 0 bridgehead atoms. The normalized spacial score (nSPS) is 11.0. The molecule has 0 aliphatic heterocycles. The first kappa shape index (κ1) is 13.4. The predicted molar refractivity (Wildman–Crippen MR) is 79.2 cm³/mol. The number of amides is 1. The van der Waals surface area contributed by atoms with Gasteiger partial charge < -0.3 is 9.73 Å². The van der Waals surface area contributed by atoms with Crippen molar-refractivity contribution in [3.8, 4) is 0 Å². The van der Waals surface area contributed by atoms with E-state index in [1.807, 2.05) is 42.6 Å². The van der Waals surface area contributed by atoms with Crippen LogP contribution in [0.15, 0.2) is 41.1 Å². The van der Waals surface area contributed by atoms with Crippen LogP contribution in [0, 0.1) is 6.92 Å². The summed E-state index contributed by atoms with van der Waals surface area (Å²) in [6, 6.07) is 7.55. The molecule has 0 aliphatic carbocycles. The summed E-state index contributed by atoms with van der Waals surface area (Å²) in [7, 11) is 0. The number of nitrogens with zero attached hydrogens (tertiary/aromatic N) is 2. The van der Waals surface area contributed by atoms with Crippen LogP contribution in [-0.2, 0) is 13.0 Å². The number of furan rings is 1. The Balaban J connectivity index is 1.94. The van der Waals surface area contributed by atoms with Gasteiger partial charge in [-0.3, -0.25) is 9.20 Å². The Morgan fingerprint density at radius 1 is 1.38 bits per heavy atom. The van der Waals surface area contributed by atoms with Crippen molar-refractivity contribution in [1.29, 1.82) is 0 Å². The molecule has 1 amide bonds. The number of aryl methyl sites for hydroxylation is 2. The lowest BCUT2D eigenvalue weighted by molar-refractivity contribution is 0.0941. The third kappa shape index (κ3) is 2.42. The summed E-state index contributed by atoms with van der Waals surface area (Å²) in [5.74, 6) is 0.591. The molecule has 108 valence electrons. The summed E-state index contributed by atoms with van der Waals surface area (Å²) in [6.45, 7) is 4.36. The largest absolute Gasteiger partial charge is 0.467 e. The maximum atomic E-state index is 12.5. The highest BCUT2D eigenvalue weighted by atomic mass is 16.3. The molecule has 0 saturated carbocycles. The number of hydrogen-bond donors (Lipinski definition) is 1. The lowest BCUT2D eigenvalue weighted by Gasteiger charge is -2.05. The van der Waals surface area contributed by atoms with Gasteiger partial charge in [-0.25, -0.2) is 4.98 Å². The third-order valence-electron chi connectivity index (χ3n) is 3.47. The molecule has 0 saturated heterocycles. The first-order valence-electron chi connectivity index (χ1n) is 6.98. The van der Waals surface area contributed by atoms with Crippen LogP contribution in [0.2, 0.25) is 0 Å². The molecule has 5 nitrogen and oxygen atoms in total. The van der Waals surface area contributed by atoms with Gasteiger partial charge in [0.25, 0.3) is 5.91 Å². The highest BCUT2D eigenvalue weighted by Crippen LogP contribution is 2.16. The fraction of sp³-hybridized carbons (Fsp3) is 0.250. The molecular weight excluding hydrogens is 266 g/mol. The fourth-order valence-corrected chi connectivity index (χ4v) is 2.40. The van der Waals surface area contributed by atoms with Gasteiger partial charge in [-0.15, -0.1) is 0 Å². The Hall–Kier alpha value is -2.56. The van der Waals surface area contributed by atoms with E-state index in [0.29, 0.717) is 18.7 Å². The Kier molecular flexibility index (Phi) is 3.48. The van der Waals surface area contributed by atoms with Crippen molar-refractivity contribution >= 4 is 11.6 Å². The summed E-state index contributed by atoms with van der Waals surface area (Å²) in [4.78, 5) is 17.1. The predicted octanol–water partition coefficient (Wildman–Crippen LogP) is 2.73. The van der Waals surface area contributed by atoms with Gasteiger partial charge in [0.05, 0.1) is 18.5 Å². The molecule has 0 radical (unpaired) electrons. The molecule has 0 unspecified atom stereocenters. The molecular formula is C16H17N3O2. The van der Waals surface area contributed by atoms with Crippen LogP contribution in [0.1, 0.15) is 34.4 Å². The lowest BCUT2D eigenvalue weighted by Crippen LogP contribution is -2.25. The first-order chi connectivity index (χ1) is 10.2. The van der Waals surface area contributed by atoms with Crippen molar-refractivity contribution in [2.75, 3.05) is 0 Å². The summed E-state index contributed by atoms with van der Waals surface area (Å²) in [5.41, 5.74) is 3.29. The quantitative estimate of drug-likeness (QED) is 0.801. The summed E-state index contributed by atoms with van der Waals surface area (Å²) < 4.78 is 7.08. The van der Waals surface area contributed by atoms with Crippen molar-refractivity contribution in [3.63, 3.8) is 0 Å². The molecule has 3 aromatic heterocycles. The van der Waals surface area contributed by atoms with Gasteiger partial charge in [-0.1, -0.05) is 13.0 Å². The molecule has 0 atom stereocenters. The average molecular weight is 283 g/mol. The van der Waals surface area contributed by atoms with E-state index in [0.717, 1.165) is 22.7 Å². The van der Waals surface area contributed by atoms with E-state index in [9.17, 15) is 4.79 Å². The molecule has 3 rings (SSSR count). The molecule has 0 fully saturated rings. The molecule has 0 spiro atoms. The Morgan fingerprint density at radius 3 is 2.95 bits per heavy atom. The SMILES string of the molecule is CCc1nc2c(C)cccn2c1C(=O)NCc1ccco1. The summed E-state index contributed by atoms with van der Waals surface area (Å²) in [6.07, 6.45) is 4.18. The highest BCUT2D eigenvalue weighted by molar-refractivity contribution is 5.94. The minimum absolute atomic E-state index is 0.138. The van der Waals surface area contributed by atoms with Gasteiger partial charge in [-0.05, 0) is 37.1 Å². The molecule has 3 aromatic rings. The number of pyridine rings is 1. The zero-order chi connectivity index (χ0) is 14.8. The zero-order valence-corrected chi connectivity index (χ0v) is 12.1. The number of fused-ring (bicyclic) bond motifs is 1. The summed E-state index contributed by atoms with van der Waals surface area (Å²) in [5, 5.41) is 2.88. The first-order valence-corrected chi connectivity index (χ1v) is 6.98. The molecule has 5 heteroatoms. The van der Waals surface area contributed by atoms with Crippen molar-refractivity contribution < 1.29 is 9.21 Å². The van der Waals surface area contributed by atoms with Gasteiger partial charge in [0.2, 0.25) is 0 Å². The zero-order valence-electron chi connectivity index (χ0n) is 12.1. The second-order valence-corrected chi connectivity index (χ2v) is 4.91. The van der Waals surface area contributed by atoms with Crippen molar-refractivity contribution in [2.45, 2.75) is 26.8 Å². The van der Waals surface area contributed by atoms with E-state index in [-0.39, 0.29) is 5.91 Å². The Morgan fingerprint density at radius 2 is 2.24 bits per heavy atom. The summed E-state index contributed by atoms with van der Waals surface area (Å²) >= 11 is 0. The number of hydrogen-bond acceptors (Lipinski definition) is 3. The molecule has 0 aromatic carbocycles. The number of imidazole rings is 1. The van der Waals surface area contributed by atoms with E-state index >= 15 is 0 Å². The molecule has 0 aliphatic rings. The van der Waals surface area contributed by atoms with Crippen molar-refractivity contribution in [1.82, 2.24) is 14.7 Å². The van der Waals surface area contributed by atoms with E-state index < -0.39 is 0 Å². The number of carbonyl (C=O) groups excluding carboxylic acids is 1. The number of carbonyl (C=O) groups is 1. The number of rotatable bonds is 4. The van der Waals surface area contributed by atoms with Crippen molar-refractivity contribution in [2.24, 2.45) is 0 Å². The van der Waals surface area contributed by atoms with Crippen LogP contribution in [-0.4, -0.2) is 15.3 Å². The lowest BCUT2D eigenvalue weighted by atomic mass is 10.2. The maximum absolute atomic E-state index is 12.5.